The summed E-state index contributed by atoms with van der Waals surface area (Å²) in [6.07, 6.45) is 10.9. The van der Waals surface area contributed by atoms with Gasteiger partial charge in [0.05, 0.1) is 0 Å². The van der Waals surface area contributed by atoms with Crippen LogP contribution in [-0.2, 0) is 5.41 Å². The monoisotopic (exact) mass is 370 g/mol. The van der Waals surface area contributed by atoms with E-state index in [1.54, 1.807) is 12.1 Å². The second kappa shape index (κ2) is 6.56. The van der Waals surface area contributed by atoms with Crippen LogP contribution in [0.25, 0.3) is 0 Å². The average Bonchev–Trinajstić information content (AvgIpc) is 2.63. The number of nitrogens with zero attached hydrogens (tertiary/aromatic N) is 2. The molecule has 1 aliphatic heterocycles. The molecule has 148 valence electrons. The van der Waals surface area contributed by atoms with Crippen molar-refractivity contribution in [2.75, 3.05) is 26.7 Å². The zero-order valence-electron chi connectivity index (χ0n) is 17.1. The predicted molar refractivity (Wildman–Crippen MR) is 108 cm³/mol. The fourth-order valence-corrected chi connectivity index (χ4v) is 7.98. The number of benzene rings is 1. The highest BCUT2D eigenvalue weighted by Gasteiger charge is 2.60. The number of likely N-dealkylation sites (tertiary alicyclic amines) is 1. The molecule has 5 fully saturated rings. The lowest BCUT2D eigenvalue weighted by Crippen LogP contribution is -2.66. The Kier molecular flexibility index (Phi) is 4.40. The number of piperidine rings is 1. The lowest BCUT2D eigenvalue weighted by Gasteiger charge is -2.66. The van der Waals surface area contributed by atoms with E-state index in [4.69, 9.17) is 0 Å². The molecule has 1 heterocycles. The van der Waals surface area contributed by atoms with E-state index in [9.17, 15) is 4.39 Å². The third-order valence-corrected chi connectivity index (χ3v) is 8.57. The first-order chi connectivity index (χ1) is 13.0. The standard InChI is InChI=1S/C24H35FN2/c1-3-27(22-8-10-26(2)11-9-22)24-15-18-12-19(16-24)14-23(13-18,17-24)20-4-6-21(25)7-5-20/h4-7,18-19,22H,3,8-17H2,1-2H3. The van der Waals surface area contributed by atoms with Gasteiger partial charge in [-0.2, -0.15) is 0 Å². The Morgan fingerprint density at radius 2 is 1.67 bits per heavy atom. The molecule has 1 saturated heterocycles. The van der Waals surface area contributed by atoms with Gasteiger partial charge < -0.3 is 4.90 Å². The summed E-state index contributed by atoms with van der Waals surface area (Å²) in [5.74, 6) is 1.65. The Bertz CT molecular complexity index is 662. The molecule has 5 aliphatic rings. The quantitative estimate of drug-likeness (QED) is 0.749. The lowest BCUT2D eigenvalue weighted by atomic mass is 9.45. The molecule has 0 radical (unpaired) electrons. The average molecular weight is 371 g/mol. The van der Waals surface area contributed by atoms with E-state index in [1.165, 1.54) is 76.6 Å². The largest absolute Gasteiger partial charge is 0.306 e. The van der Waals surface area contributed by atoms with Gasteiger partial charge in [-0.15, -0.1) is 0 Å². The van der Waals surface area contributed by atoms with Crippen molar-refractivity contribution in [2.45, 2.75) is 75.3 Å². The molecule has 4 saturated carbocycles. The van der Waals surface area contributed by atoms with Crippen molar-refractivity contribution in [2.24, 2.45) is 11.8 Å². The molecule has 2 nitrogen and oxygen atoms in total. The fraction of sp³-hybridized carbons (Fsp3) is 0.750. The molecule has 0 aromatic heterocycles. The Labute approximate surface area is 164 Å². The maximum absolute atomic E-state index is 13.6. The van der Waals surface area contributed by atoms with Crippen LogP contribution >= 0.6 is 0 Å². The van der Waals surface area contributed by atoms with Crippen LogP contribution in [0.3, 0.4) is 0 Å². The number of rotatable bonds is 4. The molecule has 6 rings (SSSR count). The molecule has 2 atom stereocenters. The van der Waals surface area contributed by atoms with Gasteiger partial charge in [0.25, 0.3) is 0 Å². The molecule has 4 bridgehead atoms. The van der Waals surface area contributed by atoms with Gasteiger partial charge in [0, 0.05) is 11.6 Å². The van der Waals surface area contributed by atoms with Crippen molar-refractivity contribution in [3.8, 4) is 0 Å². The second-order valence-electron chi connectivity index (χ2n) is 10.3. The topological polar surface area (TPSA) is 6.48 Å². The normalized spacial score (nSPS) is 39.4. The Morgan fingerprint density at radius 3 is 2.26 bits per heavy atom. The minimum absolute atomic E-state index is 0.0975. The first-order valence-corrected chi connectivity index (χ1v) is 11.2. The highest BCUT2D eigenvalue weighted by molar-refractivity contribution is 5.32. The second-order valence-corrected chi connectivity index (χ2v) is 10.3. The Hall–Kier alpha value is -0.930. The van der Waals surface area contributed by atoms with Crippen LogP contribution in [0, 0.1) is 17.7 Å². The molecule has 1 aromatic carbocycles. The summed E-state index contributed by atoms with van der Waals surface area (Å²) in [4.78, 5) is 5.44. The van der Waals surface area contributed by atoms with Gasteiger partial charge in [-0.05, 0) is 113 Å². The Morgan fingerprint density at radius 1 is 1.04 bits per heavy atom. The highest BCUT2D eigenvalue weighted by Crippen LogP contribution is 2.64. The van der Waals surface area contributed by atoms with E-state index in [1.807, 2.05) is 0 Å². The maximum Gasteiger partial charge on any atom is 0.123 e. The van der Waals surface area contributed by atoms with Crippen LogP contribution in [-0.4, -0.2) is 48.1 Å². The van der Waals surface area contributed by atoms with Crippen molar-refractivity contribution in [3.05, 3.63) is 35.6 Å². The SMILES string of the molecule is CCN(C1CCN(C)CC1)C12CC3CC(CC(c4ccc(F)cc4)(C3)C1)C2. The number of hydrogen-bond acceptors (Lipinski definition) is 2. The summed E-state index contributed by atoms with van der Waals surface area (Å²) in [6, 6.07) is 8.33. The highest BCUT2D eigenvalue weighted by atomic mass is 19.1. The van der Waals surface area contributed by atoms with E-state index in [0.29, 0.717) is 11.0 Å². The van der Waals surface area contributed by atoms with E-state index >= 15 is 0 Å². The van der Waals surface area contributed by atoms with Gasteiger partial charge in [-0.3, -0.25) is 4.90 Å². The van der Waals surface area contributed by atoms with E-state index < -0.39 is 0 Å². The first kappa shape index (κ1) is 18.1. The third-order valence-electron chi connectivity index (χ3n) is 8.57. The van der Waals surface area contributed by atoms with Gasteiger partial charge in [0.15, 0.2) is 0 Å². The van der Waals surface area contributed by atoms with Crippen molar-refractivity contribution in [3.63, 3.8) is 0 Å². The molecular formula is C24H35FN2. The van der Waals surface area contributed by atoms with Gasteiger partial charge in [0.2, 0.25) is 0 Å². The summed E-state index contributed by atoms with van der Waals surface area (Å²) in [6.45, 7) is 6.06. The molecule has 1 aromatic rings. The zero-order valence-corrected chi connectivity index (χ0v) is 17.1. The van der Waals surface area contributed by atoms with Crippen LogP contribution < -0.4 is 0 Å². The molecule has 3 heteroatoms. The number of halogens is 1. The van der Waals surface area contributed by atoms with Gasteiger partial charge in [-0.1, -0.05) is 19.1 Å². The van der Waals surface area contributed by atoms with E-state index in [-0.39, 0.29) is 5.82 Å². The van der Waals surface area contributed by atoms with Crippen LogP contribution in [0.4, 0.5) is 4.39 Å². The summed E-state index contributed by atoms with van der Waals surface area (Å²) >= 11 is 0. The molecule has 27 heavy (non-hydrogen) atoms. The van der Waals surface area contributed by atoms with Crippen LogP contribution in [0.1, 0.15) is 63.9 Å². The molecule has 2 unspecified atom stereocenters. The molecule has 0 amide bonds. The summed E-state index contributed by atoms with van der Waals surface area (Å²) in [5.41, 5.74) is 2.12. The summed E-state index contributed by atoms with van der Waals surface area (Å²) < 4.78 is 13.6. The Balaban J connectivity index is 1.48. The molecule has 0 N–H and O–H groups in total. The van der Waals surface area contributed by atoms with Crippen molar-refractivity contribution >= 4 is 0 Å². The van der Waals surface area contributed by atoms with E-state index in [0.717, 1.165) is 17.9 Å². The van der Waals surface area contributed by atoms with Gasteiger partial charge in [0.1, 0.15) is 5.82 Å². The molecule has 4 aliphatic carbocycles. The minimum Gasteiger partial charge on any atom is -0.306 e. The van der Waals surface area contributed by atoms with Crippen molar-refractivity contribution in [1.82, 2.24) is 9.80 Å². The third kappa shape index (κ3) is 2.97. The zero-order chi connectivity index (χ0) is 18.6. The minimum atomic E-state index is -0.0975. The predicted octanol–water partition coefficient (Wildman–Crippen LogP) is 4.83. The van der Waals surface area contributed by atoms with Crippen molar-refractivity contribution in [1.29, 1.82) is 0 Å². The maximum atomic E-state index is 13.6. The van der Waals surface area contributed by atoms with Crippen LogP contribution in [0.15, 0.2) is 24.3 Å². The smallest absolute Gasteiger partial charge is 0.123 e. The summed E-state index contributed by atoms with van der Waals surface area (Å²) in [5, 5.41) is 0. The van der Waals surface area contributed by atoms with Gasteiger partial charge >= 0.3 is 0 Å². The van der Waals surface area contributed by atoms with Crippen LogP contribution in [0.5, 0.6) is 0 Å². The van der Waals surface area contributed by atoms with Gasteiger partial charge in [-0.25, -0.2) is 4.39 Å². The van der Waals surface area contributed by atoms with E-state index in [2.05, 4.69) is 35.9 Å². The lowest BCUT2D eigenvalue weighted by molar-refractivity contribution is -0.121. The van der Waals surface area contributed by atoms with Crippen LogP contribution in [0.2, 0.25) is 0 Å². The number of hydrogen-bond donors (Lipinski definition) is 0. The molecule has 0 spiro atoms. The molecular weight excluding hydrogens is 335 g/mol. The summed E-state index contributed by atoms with van der Waals surface area (Å²) in [7, 11) is 2.26. The fourth-order valence-electron chi connectivity index (χ4n) is 7.98. The van der Waals surface area contributed by atoms with Crippen molar-refractivity contribution < 1.29 is 4.39 Å². The first-order valence-electron chi connectivity index (χ1n) is 11.2.